The third-order valence-electron chi connectivity index (χ3n) is 1.96. The average molecular weight is 209 g/mol. The van der Waals surface area contributed by atoms with Crippen LogP contribution in [0, 0.1) is 0 Å². The van der Waals surface area contributed by atoms with Gasteiger partial charge in [0.2, 0.25) is 0 Å². The zero-order valence-corrected chi connectivity index (χ0v) is 8.86. The molecule has 1 rings (SSSR count). The molecule has 4 heteroatoms. The number of amides is 1. The molecular formula is C11H15NO3. The van der Waals surface area contributed by atoms with E-state index in [0.717, 1.165) is 0 Å². The summed E-state index contributed by atoms with van der Waals surface area (Å²) in [7, 11) is 0. The molecule has 0 radical (unpaired) electrons. The van der Waals surface area contributed by atoms with Crippen LogP contribution in [0.25, 0.3) is 0 Å². The molecule has 4 nitrogen and oxygen atoms in total. The summed E-state index contributed by atoms with van der Waals surface area (Å²) < 4.78 is 4.69. The summed E-state index contributed by atoms with van der Waals surface area (Å²) in [6, 6.07) is 8.87. The Bertz CT molecular complexity index is 322. The normalized spacial score (nSPS) is 14.1. The van der Waals surface area contributed by atoms with Crippen molar-refractivity contribution >= 4 is 6.09 Å². The van der Waals surface area contributed by atoms with Gasteiger partial charge in [-0.25, -0.2) is 4.79 Å². The number of hydrogen-bond donors (Lipinski definition) is 2. The van der Waals surface area contributed by atoms with Crippen LogP contribution in [0.15, 0.2) is 30.3 Å². The molecule has 2 N–H and O–H groups in total. The van der Waals surface area contributed by atoms with Crippen LogP contribution < -0.4 is 5.32 Å². The minimum atomic E-state index is -1.41. The summed E-state index contributed by atoms with van der Waals surface area (Å²) in [5, 5.41) is 12.3. The average Bonchev–Trinajstić information content (AvgIpc) is 2.18. The molecule has 1 unspecified atom stereocenters. The fourth-order valence-corrected chi connectivity index (χ4v) is 1.20. The van der Waals surface area contributed by atoms with Crippen molar-refractivity contribution in [1.29, 1.82) is 0 Å². The monoisotopic (exact) mass is 209 g/mol. The van der Waals surface area contributed by atoms with Crippen LogP contribution in [0.3, 0.4) is 0 Å². The van der Waals surface area contributed by atoms with Gasteiger partial charge in [-0.2, -0.15) is 0 Å². The lowest BCUT2D eigenvalue weighted by molar-refractivity contribution is 0.0172. The molecule has 0 saturated heterocycles. The Balaban J connectivity index is 2.71. The van der Waals surface area contributed by atoms with Gasteiger partial charge in [0.25, 0.3) is 0 Å². The number of ether oxygens (including phenoxy) is 1. The SMILES string of the molecule is CCOC(=O)NC(C)(O)c1ccccc1. The van der Waals surface area contributed by atoms with Crippen LogP contribution in [-0.4, -0.2) is 17.8 Å². The highest BCUT2D eigenvalue weighted by molar-refractivity contribution is 5.68. The topological polar surface area (TPSA) is 58.6 Å². The van der Waals surface area contributed by atoms with Crippen molar-refractivity contribution in [1.82, 2.24) is 5.32 Å². The molecular weight excluding hydrogens is 194 g/mol. The lowest BCUT2D eigenvalue weighted by Crippen LogP contribution is -2.43. The number of nitrogens with one attached hydrogen (secondary N) is 1. The van der Waals surface area contributed by atoms with Gasteiger partial charge in [0.15, 0.2) is 5.72 Å². The molecule has 0 aliphatic carbocycles. The summed E-state index contributed by atoms with van der Waals surface area (Å²) in [5.74, 6) is 0. The van der Waals surface area contributed by atoms with Crippen LogP contribution in [0.2, 0.25) is 0 Å². The van der Waals surface area contributed by atoms with E-state index in [4.69, 9.17) is 0 Å². The minimum Gasteiger partial charge on any atom is -0.450 e. The van der Waals surface area contributed by atoms with Crippen molar-refractivity contribution < 1.29 is 14.6 Å². The molecule has 0 heterocycles. The molecule has 0 spiro atoms. The summed E-state index contributed by atoms with van der Waals surface area (Å²) >= 11 is 0. The van der Waals surface area contributed by atoms with Crippen molar-refractivity contribution in [2.45, 2.75) is 19.6 Å². The molecule has 1 aromatic carbocycles. The predicted octanol–water partition coefficient (Wildman–Crippen LogP) is 1.60. The van der Waals surface area contributed by atoms with Gasteiger partial charge in [0.1, 0.15) is 0 Å². The molecule has 1 aromatic rings. The number of carbonyl (C=O) groups is 1. The number of hydrogen-bond acceptors (Lipinski definition) is 3. The van der Waals surface area contributed by atoms with Gasteiger partial charge in [0.05, 0.1) is 6.61 Å². The van der Waals surface area contributed by atoms with Crippen LogP contribution in [0.4, 0.5) is 4.79 Å². The molecule has 82 valence electrons. The summed E-state index contributed by atoms with van der Waals surface area (Å²) in [6.07, 6.45) is -0.633. The quantitative estimate of drug-likeness (QED) is 0.743. The molecule has 0 fully saturated rings. The Morgan fingerprint density at radius 3 is 2.60 bits per heavy atom. The zero-order chi connectivity index (χ0) is 11.3. The second kappa shape index (κ2) is 4.79. The largest absolute Gasteiger partial charge is 0.450 e. The van der Waals surface area contributed by atoms with Gasteiger partial charge < -0.3 is 9.84 Å². The van der Waals surface area contributed by atoms with E-state index in [1.807, 2.05) is 6.07 Å². The smallest absolute Gasteiger partial charge is 0.409 e. The maximum absolute atomic E-state index is 11.1. The van der Waals surface area contributed by atoms with Gasteiger partial charge in [-0.1, -0.05) is 30.3 Å². The van der Waals surface area contributed by atoms with Crippen molar-refractivity contribution in [3.63, 3.8) is 0 Å². The van der Waals surface area contributed by atoms with E-state index in [9.17, 15) is 9.90 Å². The Hall–Kier alpha value is -1.55. The van der Waals surface area contributed by atoms with E-state index < -0.39 is 11.8 Å². The molecule has 1 amide bonds. The number of benzene rings is 1. The number of alkyl carbamates (subject to hydrolysis) is 1. The van der Waals surface area contributed by atoms with Crippen LogP contribution >= 0.6 is 0 Å². The van der Waals surface area contributed by atoms with Crippen molar-refractivity contribution in [2.24, 2.45) is 0 Å². The minimum absolute atomic E-state index is 0.275. The molecule has 0 saturated carbocycles. The second-order valence-electron chi connectivity index (χ2n) is 3.28. The van der Waals surface area contributed by atoms with Crippen LogP contribution in [0.1, 0.15) is 19.4 Å². The van der Waals surface area contributed by atoms with Crippen LogP contribution in [0.5, 0.6) is 0 Å². The predicted molar refractivity (Wildman–Crippen MR) is 56.2 cm³/mol. The first-order valence-corrected chi connectivity index (χ1v) is 4.79. The summed E-state index contributed by atoms with van der Waals surface area (Å²) in [5.41, 5.74) is -0.800. The maximum Gasteiger partial charge on any atom is 0.409 e. The summed E-state index contributed by atoms with van der Waals surface area (Å²) in [4.78, 5) is 11.1. The first kappa shape index (κ1) is 11.5. The second-order valence-corrected chi connectivity index (χ2v) is 3.28. The lowest BCUT2D eigenvalue weighted by Gasteiger charge is -2.24. The molecule has 15 heavy (non-hydrogen) atoms. The highest BCUT2D eigenvalue weighted by Crippen LogP contribution is 2.16. The number of rotatable bonds is 3. The fourth-order valence-electron chi connectivity index (χ4n) is 1.20. The highest BCUT2D eigenvalue weighted by atomic mass is 16.6. The molecule has 0 aliphatic heterocycles. The first-order valence-electron chi connectivity index (χ1n) is 4.79. The zero-order valence-electron chi connectivity index (χ0n) is 8.86. The van der Waals surface area contributed by atoms with E-state index in [-0.39, 0.29) is 6.61 Å². The molecule has 1 atom stereocenters. The van der Waals surface area contributed by atoms with Gasteiger partial charge >= 0.3 is 6.09 Å². The number of aliphatic hydroxyl groups is 1. The highest BCUT2D eigenvalue weighted by Gasteiger charge is 2.25. The number of carbonyl (C=O) groups excluding carboxylic acids is 1. The molecule has 0 bridgehead atoms. The third kappa shape index (κ3) is 3.25. The van der Waals surface area contributed by atoms with Crippen molar-refractivity contribution in [3.8, 4) is 0 Å². The summed E-state index contributed by atoms with van der Waals surface area (Å²) in [6.45, 7) is 3.48. The van der Waals surface area contributed by atoms with E-state index in [2.05, 4.69) is 10.1 Å². The fraction of sp³-hybridized carbons (Fsp3) is 0.364. The Morgan fingerprint density at radius 1 is 1.47 bits per heavy atom. The van der Waals surface area contributed by atoms with Crippen molar-refractivity contribution in [2.75, 3.05) is 6.61 Å². The van der Waals surface area contributed by atoms with Gasteiger partial charge in [0, 0.05) is 5.56 Å². The van der Waals surface area contributed by atoms with Gasteiger partial charge in [-0.15, -0.1) is 0 Å². The van der Waals surface area contributed by atoms with Crippen LogP contribution in [-0.2, 0) is 10.5 Å². The first-order chi connectivity index (χ1) is 7.06. The Morgan fingerprint density at radius 2 is 2.07 bits per heavy atom. The standard InChI is InChI=1S/C11H15NO3/c1-3-15-10(13)12-11(2,14)9-7-5-4-6-8-9/h4-8,14H,3H2,1-2H3,(H,12,13). The Labute approximate surface area is 88.9 Å². The van der Waals surface area contributed by atoms with E-state index in [1.54, 1.807) is 31.2 Å². The van der Waals surface area contributed by atoms with E-state index >= 15 is 0 Å². The van der Waals surface area contributed by atoms with Gasteiger partial charge in [-0.05, 0) is 13.8 Å². The Kier molecular flexibility index (Phi) is 3.68. The molecule has 0 aliphatic rings. The maximum atomic E-state index is 11.1. The van der Waals surface area contributed by atoms with E-state index in [0.29, 0.717) is 5.56 Å². The lowest BCUT2D eigenvalue weighted by atomic mass is 10.1. The van der Waals surface area contributed by atoms with Crippen molar-refractivity contribution in [3.05, 3.63) is 35.9 Å². The van der Waals surface area contributed by atoms with Gasteiger partial charge in [-0.3, -0.25) is 5.32 Å². The third-order valence-corrected chi connectivity index (χ3v) is 1.96. The molecule has 0 aromatic heterocycles. The van der Waals surface area contributed by atoms with E-state index in [1.165, 1.54) is 6.92 Å².